The highest BCUT2D eigenvalue weighted by Crippen LogP contribution is 2.07. The summed E-state index contributed by atoms with van der Waals surface area (Å²) in [5.74, 6) is 0. The molecule has 0 radical (unpaired) electrons. The molecular formula is C12H22O6. The Hall–Kier alpha value is -1.98. The Kier molecular flexibility index (Phi) is 20.6. The molecule has 0 aromatic carbocycles. The van der Waals surface area contributed by atoms with E-state index in [1.165, 1.54) is 31.3 Å². The van der Waals surface area contributed by atoms with Crippen molar-refractivity contribution in [3.05, 3.63) is 24.3 Å². The van der Waals surface area contributed by atoms with Crippen molar-refractivity contribution in [2.24, 2.45) is 0 Å². The van der Waals surface area contributed by atoms with Gasteiger partial charge in [0.05, 0.1) is 0 Å². The average Bonchev–Trinajstić information content (AvgIpc) is 2.17. The molecule has 106 valence electrons. The second kappa shape index (κ2) is 17.4. The maximum Gasteiger partial charge on any atom is 0.503 e. The Morgan fingerprint density at radius 1 is 0.889 bits per heavy atom. The molecule has 0 aliphatic heterocycles. The summed E-state index contributed by atoms with van der Waals surface area (Å²) in [4.78, 5) is 17.1. The van der Waals surface area contributed by atoms with Gasteiger partial charge in [-0.25, -0.2) is 9.59 Å². The molecule has 1 aliphatic rings. The van der Waals surface area contributed by atoms with Gasteiger partial charge in [-0.15, -0.1) is 6.58 Å². The highest BCUT2D eigenvalue weighted by molar-refractivity contribution is 5.53. The SMILES string of the molecule is C1=CCCCC1.C=C(C)C.O=C(O)O.O=C(O)O. The van der Waals surface area contributed by atoms with E-state index in [-0.39, 0.29) is 0 Å². The topological polar surface area (TPSA) is 115 Å². The maximum atomic E-state index is 8.56. The van der Waals surface area contributed by atoms with E-state index >= 15 is 0 Å². The molecule has 0 atom stereocenters. The van der Waals surface area contributed by atoms with Crippen LogP contribution in [-0.4, -0.2) is 32.7 Å². The molecule has 6 nitrogen and oxygen atoms in total. The number of hydrogen-bond acceptors (Lipinski definition) is 2. The van der Waals surface area contributed by atoms with Crippen LogP contribution in [0, 0.1) is 0 Å². The Morgan fingerprint density at radius 2 is 1.06 bits per heavy atom. The van der Waals surface area contributed by atoms with Crippen molar-refractivity contribution in [1.82, 2.24) is 0 Å². The van der Waals surface area contributed by atoms with Crippen LogP contribution in [0.4, 0.5) is 9.59 Å². The van der Waals surface area contributed by atoms with Crippen LogP contribution in [0.5, 0.6) is 0 Å². The van der Waals surface area contributed by atoms with Gasteiger partial charge in [0.15, 0.2) is 0 Å². The first-order valence-electron chi connectivity index (χ1n) is 5.31. The zero-order valence-corrected chi connectivity index (χ0v) is 10.8. The summed E-state index contributed by atoms with van der Waals surface area (Å²) < 4.78 is 0. The van der Waals surface area contributed by atoms with E-state index in [9.17, 15) is 0 Å². The molecule has 0 bridgehead atoms. The summed E-state index contributed by atoms with van der Waals surface area (Å²) in [7, 11) is 0. The lowest BCUT2D eigenvalue weighted by Crippen LogP contribution is -1.81. The van der Waals surface area contributed by atoms with Crippen LogP contribution in [0.2, 0.25) is 0 Å². The lowest BCUT2D eigenvalue weighted by Gasteiger charge is -1.97. The van der Waals surface area contributed by atoms with Gasteiger partial charge in [0.1, 0.15) is 0 Å². The van der Waals surface area contributed by atoms with Crippen LogP contribution in [0.3, 0.4) is 0 Å². The third-order valence-corrected chi connectivity index (χ3v) is 1.16. The van der Waals surface area contributed by atoms with Crippen molar-refractivity contribution in [1.29, 1.82) is 0 Å². The fourth-order valence-electron chi connectivity index (χ4n) is 0.760. The fourth-order valence-corrected chi connectivity index (χ4v) is 0.760. The molecule has 1 aliphatic carbocycles. The van der Waals surface area contributed by atoms with Crippen molar-refractivity contribution in [3.63, 3.8) is 0 Å². The maximum absolute atomic E-state index is 8.56. The third-order valence-electron chi connectivity index (χ3n) is 1.16. The lowest BCUT2D eigenvalue weighted by molar-refractivity contribution is 0.135. The molecule has 0 fully saturated rings. The largest absolute Gasteiger partial charge is 0.503 e. The minimum Gasteiger partial charge on any atom is -0.450 e. The number of carboxylic acid groups (broad SMARTS) is 4. The van der Waals surface area contributed by atoms with Crippen LogP contribution in [0.25, 0.3) is 0 Å². The molecule has 0 heterocycles. The first kappa shape index (κ1) is 21.3. The highest BCUT2D eigenvalue weighted by atomic mass is 16.6. The molecule has 0 aromatic heterocycles. The van der Waals surface area contributed by atoms with E-state index in [1.807, 2.05) is 13.8 Å². The van der Waals surface area contributed by atoms with Crippen molar-refractivity contribution < 1.29 is 30.0 Å². The molecule has 0 saturated carbocycles. The van der Waals surface area contributed by atoms with Gasteiger partial charge in [0.25, 0.3) is 0 Å². The molecule has 1 rings (SSSR count). The van der Waals surface area contributed by atoms with Crippen LogP contribution in [0.15, 0.2) is 24.3 Å². The van der Waals surface area contributed by atoms with Crippen LogP contribution < -0.4 is 0 Å². The molecule has 0 saturated heterocycles. The normalized spacial score (nSPS) is 11.2. The lowest BCUT2D eigenvalue weighted by atomic mass is 10.1. The van der Waals surface area contributed by atoms with Crippen LogP contribution in [-0.2, 0) is 0 Å². The first-order valence-corrected chi connectivity index (χ1v) is 5.31. The molecule has 4 N–H and O–H groups in total. The van der Waals surface area contributed by atoms with Crippen molar-refractivity contribution >= 4 is 12.3 Å². The number of allylic oxidation sites excluding steroid dienone is 3. The molecular weight excluding hydrogens is 240 g/mol. The Balaban J connectivity index is -0.000000171. The van der Waals surface area contributed by atoms with Crippen LogP contribution in [0.1, 0.15) is 39.5 Å². The first-order chi connectivity index (χ1) is 8.20. The van der Waals surface area contributed by atoms with Gasteiger partial charge >= 0.3 is 12.3 Å². The van der Waals surface area contributed by atoms with Gasteiger partial charge in [-0.2, -0.15) is 0 Å². The number of carbonyl (C=O) groups is 2. The Labute approximate surface area is 107 Å². The third kappa shape index (κ3) is 147. The number of rotatable bonds is 0. The minimum absolute atomic E-state index is 1.17. The second-order valence-corrected chi connectivity index (χ2v) is 3.53. The van der Waals surface area contributed by atoms with E-state index in [2.05, 4.69) is 18.7 Å². The monoisotopic (exact) mass is 262 g/mol. The molecule has 0 aromatic rings. The summed E-state index contributed by atoms with van der Waals surface area (Å²) in [6, 6.07) is 0. The van der Waals surface area contributed by atoms with Gasteiger partial charge in [0.2, 0.25) is 0 Å². The van der Waals surface area contributed by atoms with Gasteiger partial charge in [-0.1, -0.05) is 17.7 Å². The molecule has 0 unspecified atom stereocenters. The van der Waals surface area contributed by atoms with Crippen LogP contribution >= 0.6 is 0 Å². The summed E-state index contributed by atoms with van der Waals surface area (Å²) >= 11 is 0. The molecule has 0 spiro atoms. The smallest absolute Gasteiger partial charge is 0.450 e. The van der Waals surface area contributed by atoms with Gasteiger partial charge in [-0.3, -0.25) is 0 Å². The predicted molar refractivity (Wildman–Crippen MR) is 69.4 cm³/mol. The molecule has 18 heavy (non-hydrogen) atoms. The fraction of sp³-hybridized carbons (Fsp3) is 0.500. The molecule has 0 amide bonds. The van der Waals surface area contributed by atoms with Crippen molar-refractivity contribution in [2.45, 2.75) is 39.5 Å². The van der Waals surface area contributed by atoms with Gasteiger partial charge in [-0.05, 0) is 39.5 Å². The van der Waals surface area contributed by atoms with Gasteiger partial charge < -0.3 is 20.4 Å². The zero-order chi connectivity index (χ0) is 15.0. The minimum atomic E-state index is -1.83. The van der Waals surface area contributed by atoms with Gasteiger partial charge in [0, 0.05) is 0 Å². The standard InChI is InChI=1S/C6H10.C4H8.2CH2O3/c1-2-4-6-5-3-1;1-4(2)3;2*2-1(3)4/h1-2H,3-6H2;1H2,2-3H3;2*(H2,2,3,4). The van der Waals surface area contributed by atoms with Crippen molar-refractivity contribution in [2.75, 3.05) is 0 Å². The van der Waals surface area contributed by atoms with E-state index in [0.29, 0.717) is 0 Å². The Bertz CT molecular complexity index is 209. The zero-order valence-electron chi connectivity index (χ0n) is 10.8. The number of hydrogen-bond donors (Lipinski definition) is 4. The summed E-state index contributed by atoms with van der Waals surface area (Å²) in [6.07, 6.45) is 6.33. The second-order valence-electron chi connectivity index (χ2n) is 3.53. The highest BCUT2D eigenvalue weighted by Gasteiger charge is 1.87. The summed E-state index contributed by atoms with van der Waals surface area (Å²) in [5.41, 5.74) is 1.17. The Morgan fingerprint density at radius 3 is 1.11 bits per heavy atom. The quantitative estimate of drug-likeness (QED) is 0.487. The van der Waals surface area contributed by atoms with E-state index in [0.717, 1.165) is 0 Å². The average molecular weight is 262 g/mol. The van der Waals surface area contributed by atoms with E-state index in [4.69, 9.17) is 30.0 Å². The predicted octanol–water partition coefficient (Wildman–Crippen LogP) is 4.14. The van der Waals surface area contributed by atoms with E-state index < -0.39 is 12.3 Å². The summed E-state index contributed by atoms with van der Waals surface area (Å²) in [5, 5.41) is 27.9. The van der Waals surface area contributed by atoms with Crippen molar-refractivity contribution in [3.8, 4) is 0 Å². The summed E-state index contributed by atoms with van der Waals surface area (Å²) in [6.45, 7) is 7.50. The molecule has 6 heteroatoms. The van der Waals surface area contributed by atoms with E-state index in [1.54, 1.807) is 0 Å².